The van der Waals surface area contributed by atoms with E-state index in [1.807, 2.05) is 0 Å². The van der Waals surface area contributed by atoms with Crippen LogP contribution in [0.2, 0.25) is 0 Å². The number of nitrogens with one attached hydrogen (secondary N) is 1. The van der Waals surface area contributed by atoms with Crippen LogP contribution in [0.25, 0.3) is 0 Å². The molecular weight excluding hydrogens is 605 g/mol. The molecule has 1 saturated carbocycles. The molecule has 0 spiro atoms. The first kappa shape index (κ1) is 30.9. The molecule has 0 radical (unpaired) electrons. The standard InChI is InChI=1S/C27H28Cl2F2N2O7S/c1-14-22(32-41(2,37)38)7-6-17(26(34)35)25(14)18(10-19-20(28)11-33(36)12-21(19)29)16-5-8-23(40-27(30)31)24(9-16)39-13-15-3-4-15/h5-9,11,15,18,27,32,36H,3-4,10,12-13H2,1-2H3,(H,34,35). The molecule has 2 aromatic rings. The molecule has 9 nitrogen and oxygen atoms in total. The van der Waals surface area contributed by atoms with Gasteiger partial charge < -0.3 is 14.6 Å². The van der Waals surface area contributed by atoms with Gasteiger partial charge in [-0.05, 0) is 78.6 Å². The summed E-state index contributed by atoms with van der Waals surface area (Å²) in [4.78, 5) is 12.4. The molecule has 2 aromatic carbocycles. The summed E-state index contributed by atoms with van der Waals surface area (Å²) in [6.45, 7) is -1.31. The van der Waals surface area contributed by atoms with Gasteiger partial charge in [-0.1, -0.05) is 29.3 Å². The molecule has 222 valence electrons. The van der Waals surface area contributed by atoms with E-state index in [0.29, 0.717) is 29.2 Å². The maximum absolute atomic E-state index is 13.2. The van der Waals surface area contributed by atoms with Crippen LogP contribution in [-0.2, 0) is 10.0 Å². The van der Waals surface area contributed by atoms with Crippen LogP contribution in [0, 0.1) is 12.8 Å². The number of anilines is 1. The number of hydrogen-bond donors (Lipinski definition) is 3. The van der Waals surface area contributed by atoms with Crippen LogP contribution in [0.3, 0.4) is 0 Å². The molecule has 1 fully saturated rings. The lowest BCUT2D eigenvalue weighted by Gasteiger charge is -2.28. The SMILES string of the molecule is Cc1c(NS(C)(=O)=O)ccc(C(=O)O)c1C(CC1=C(Cl)CN(O)C=C1Cl)c1ccc(OC(F)F)c(OCC2CC2)c1. The Balaban J connectivity index is 1.92. The number of carboxylic acid groups (broad SMARTS) is 1. The molecule has 0 amide bonds. The number of carbonyl (C=O) groups is 1. The predicted octanol–water partition coefficient (Wildman–Crippen LogP) is 6.25. The summed E-state index contributed by atoms with van der Waals surface area (Å²) in [5.41, 5.74) is 1.48. The van der Waals surface area contributed by atoms with Crippen molar-refractivity contribution in [3.8, 4) is 11.5 Å². The number of allylic oxidation sites excluding steroid dienone is 2. The topological polar surface area (TPSA) is 125 Å². The number of aromatic carboxylic acids is 1. The van der Waals surface area contributed by atoms with Crippen molar-refractivity contribution in [2.45, 2.75) is 38.7 Å². The minimum absolute atomic E-state index is 0.0164. The van der Waals surface area contributed by atoms with E-state index in [1.165, 1.54) is 36.5 Å². The van der Waals surface area contributed by atoms with E-state index in [-0.39, 0.29) is 51.3 Å². The third-order valence-electron chi connectivity index (χ3n) is 6.73. The zero-order valence-electron chi connectivity index (χ0n) is 22.0. The molecule has 4 rings (SSSR count). The summed E-state index contributed by atoms with van der Waals surface area (Å²) in [6.07, 6.45) is 4.15. The van der Waals surface area contributed by atoms with Crippen LogP contribution in [0.1, 0.15) is 52.2 Å². The highest BCUT2D eigenvalue weighted by Gasteiger charge is 2.30. The van der Waals surface area contributed by atoms with Crippen LogP contribution < -0.4 is 14.2 Å². The van der Waals surface area contributed by atoms with Crippen molar-refractivity contribution in [2.24, 2.45) is 5.92 Å². The van der Waals surface area contributed by atoms with Crippen molar-refractivity contribution in [2.75, 3.05) is 24.1 Å². The van der Waals surface area contributed by atoms with Crippen LogP contribution in [-0.4, -0.2) is 55.8 Å². The first-order chi connectivity index (χ1) is 19.2. The minimum atomic E-state index is -3.72. The summed E-state index contributed by atoms with van der Waals surface area (Å²) >= 11 is 12.9. The van der Waals surface area contributed by atoms with E-state index in [2.05, 4.69) is 9.46 Å². The molecule has 14 heteroatoms. The van der Waals surface area contributed by atoms with Gasteiger partial charge in [0.15, 0.2) is 11.5 Å². The number of carboxylic acids is 1. The Morgan fingerprint density at radius 1 is 1.20 bits per heavy atom. The molecule has 1 aliphatic heterocycles. The Kier molecular flexibility index (Phi) is 9.37. The Morgan fingerprint density at radius 2 is 1.90 bits per heavy atom. The normalized spacial score (nSPS) is 16.5. The second-order valence-electron chi connectivity index (χ2n) is 9.93. The van der Waals surface area contributed by atoms with Gasteiger partial charge >= 0.3 is 12.6 Å². The highest BCUT2D eigenvalue weighted by atomic mass is 35.5. The fourth-order valence-corrected chi connectivity index (χ4v) is 5.91. The smallest absolute Gasteiger partial charge is 0.387 e. The summed E-state index contributed by atoms with van der Waals surface area (Å²) in [5.74, 6) is -1.94. The zero-order valence-corrected chi connectivity index (χ0v) is 24.4. The number of ether oxygens (including phenoxy) is 2. The number of alkyl halides is 2. The second-order valence-corrected chi connectivity index (χ2v) is 12.5. The molecule has 0 aromatic heterocycles. The van der Waals surface area contributed by atoms with Crippen molar-refractivity contribution in [1.82, 2.24) is 5.06 Å². The van der Waals surface area contributed by atoms with Crippen molar-refractivity contribution in [3.05, 3.63) is 74.4 Å². The van der Waals surface area contributed by atoms with Gasteiger partial charge in [-0.25, -0.2) is 13.2 Å². The van der Waals surface area contributed by atoms with Gasteiger partial charge in [-0.15, -0.1) is 0 Å². The van der Waals surface area contributed by atoms with Gasteiger partial charge in [-0.2, -0.15) is 8.78 Å². The second kappa shape index (κ2) is 12.4. The summed E-state index contributed by atoms with van der Waals surface area (Å²) in [7, 11) is -3.72. The summed E-state index contributed by atoms with van der Waals surface area (Å²) in [6, 6.07) is 6.96. The number of nitrogens with zero attached hydrogens (tertiary/aromatic N) is 1. The lowest BCUT2D eigenvalue weighted by Crippen LogP contribution is -2.21. The number of hydrogen-bond acceptors (Lipinski definition) is 7. The average Bonchev–Trinajstić information content (AvgIpc) is 3.68. The lowest BCUT2D eigenvalue weighted by molar-refractivity contribution is -0.0515. The largest absolute Gasteiger partial charge is 0.489 e. The maximum Gasteiger partial charge on any atom is 0.387 e. The monoisotopic (exact) mass is 632 g/mol. The molecule has 41 heavy (non-hydrogen) atoms. The van der Waals surface area contributed by atoms with E-state index in [9.17, 15) is 32.3 Å². The number of hydroxylamine groups is 2. The Bertz CT molecular complexity index is 1510. The van der Waals surface area contributed by atoms with E-state index in [0.717, 1.165) is 24.2 Å². The van der Waals surface area contributed by atoms with Gasteiger partial charge in [0, 0.05) is 17.2 Å². The molecule has 0 saturated heterocycles. The molecule has 1 unspecified atom stereocenters. The van der Waals surface area contributed by atoms with Crippen molar-refractivity contribution in [1.29, 1.82) is 0 Å². The van der Waals surface area contributed by atoms with Crippen LogP contribution >= 0.6 is 23.2 Å². The predicted molar refractivity (Wildman–Crippen MR) is 150 cm³/mol. The minimum Gasteiger partial charge on any atom is -0.489 e. The molecule has 3 N–H and O–H groups in total. The molecule has 1 atom stereocenters. The molecule has 0 bridgehead atoms. The number of rotatable bonds is 12. The lowest BCUT2D eigenvalue weighted by atomic mass is 9.80. The third kappa shape index (κ3) is 7.82. The van der Waals surface area contributed by atoms with Gasteiger partial charge in [0.2, 0.25) is 10.0 Å². The third-order valence-corrected chi connectivity index (χ3v) is 8.00. The first-order valence-corrected chi connectivity index (χ1v) is 15.1. The van der Waals surface area contributed by atoms with E-state index < -0.39 is 28.5 Å². The van der Waals surface area contributed by atoms with Crippen LogP contribution in [0.15, 0.2) is 52.2 Å². The summed E-state index contributed by atoms with van der Waals surface area (Å²) in [5, 5.41) is 21.1. The first-order valence-electron chi connectivity index (χ1n) is 12.5. The van der Waals surface area contributed by atoms with E-state index in [1.54, 1.807) is 6.92 Å². The fraction of sp³-hybridized carbons (Fsp3) is 0.370. The van der Waals surface area contributed by atoms with Crippen LogP contribution in [0.5, 0.6) is 11.5 Å². The Labute approximate surface area is 246 Å². The maximum atomic E-state index is 13.2. The van der Waals surface area contributed by atoms with Gasteiger partial charge in [-0.3, -0.25) is 15.0 Å². The highest BCUT2D eigenvalue weighted by Crippen LogP contribution is 2.44. The number of halogens is 4. The van der Waals surface area contributed by atoms with Gasteiger partial charge in [0.05, 0.1) is 35.7 Å². The molecule has 1 heterocycles. The average molecular weight is 633 g/mol. The van der Waals surface area contributed by atoms with E-state index >= 15 is 0 Å². The fourth-order valence-electron chi connectivity index (χ4n) is 4.63. The quantitative estimate of drug-likeness (QED) is 0.250. The number of sulfonamides is 1. The zero-order chi connectivity index (χ0) is 30.1. The molecular formula is C27H28Cl2F2N2O7S. The van der Waals surface area contributed by atoms with Gasteiger partial charge in [0.25, 0.3) is 0 Å². The van der Waals surface area contributed by atoms with E-state index in [4.69, 9.17) is 27.9 Å². The van der Waals surface area contributed by atoms with Crippen molar-refractivity contribution >= 4 is 44.9 Å². The Morgan fingerprint density at radius 3 is 2.49 bits per heavy atom. The Hall–Kier alpha value is -3.06. The molecule has 1 aliphatic carbocycles. The van der Waals surface area contributed by atoms with Crippen molar-refractivity contribution < 1.29 is 41.8 Å². The van der Waals surface area contributed by atoms with Gasteiger partial charge in [0.1, 0.15) is 0 Å². The highest BCUT2D eigenvalue weighted by molar-refractivity contribution is 7.92. The van der Waals surface area contributed by atoms with Crippen LogP contribution in [0.4, 0.5) is 14.5 Å². The number of benzene rings is 2. The summed E-state index contributed by atoms with van der Waals surface area (Å²) < 4.78 is 63.4. The van der Waals surface area contributed by atoms with Crippen molar-refractivity contribution in [3.63, 3.8) is 0 Å². The molecule has 2 aliphatic rings.